The first-order valence-corrected chi connectivity index (χ1v) is 7.86. The minimum Gasteiger partial charge on any atom is -0.279 e. The molecule has 0 saturated carbocycles. The fourth-order valence-corrected chi connectivity index (χ4v) is 2.99. The van der Waals surface area contributed by atoms with E-state index in [9.17, 15) is 17.2 Å². The predicted molar refractivity (Wildman–Crippen MR) is 78.5 cm³/mol. The second-order valence-corrected chi connectivity index (χ2v) is 6.28. The highest BCUT2D eigenvalue weighted by atomic mass is 32.2. The zero-order chi connectivity index (χ0) is 16.4. The summed E-state index contributed by atoms with van der Waals surface area (Å²) in [7, 11) is -3.96. The standard InChI is InChI=1S/C14H10F2N4O2S/c15-10-5-11(16)7-12(6-10)19-23(21,22)14-3-1-13(2-4-14)20-9-17-8-18-20/h1-9,19H. The van der Waals surface area contributed by atoms with Crippen molar-refractivity contribution in [1.82, 2.24) is 14.8 Å². The van der Waals surface area contributed by atoms with Crippen LogP contribution in [0.15, 0.2) is 60.0 Å². The first kappa shape index (κ1) is 15.1. The van der Waals surface area contributed by atoms with E-state index in [0.717, 1.165) is 12.1 Å². The molecule has 0 unspecified atom stereocenters. The highest BCUT2D eigenvalue weighted by Gasteiger charge is 2.15. The minimum atomic E-state index is -3.96. The molecular formula is C14H10F2N4O2S. The van der Waals surface area contributed by atoms with Gasteiger partial charge in [-0.1, -0.05) is 0 Å². The van der Waals surface area contributed by atoms with E-state index in [1.807, 2.05) is 0 Å². The number of sulfonamides is 1. The van der Waals surface area contributed by atoms with E-state index >= 15 is 0 Å². The summed E-state index contributed by atoms with van der Waals surface area (Å²) >= 11 is 0. The van der Waals surface area contributed by atoms with Crippen molar-refractivity contribution < 1.29 is 17.2 Å². The Bertz CT molecular complexity index is 906. The van der Waals surface area contributed by atoms with Crippen LogP contribution in [-0.4, -0.2) is 23.2 Å². The number of nitrogens with zero attached hydrogens (tertiary/aromatic N) is 3. The largest absolute Gasteiger partial charge is 0.279 e. The Balaban J connectivity index is 1.87. The lowest BCUT2D eigenvalue weighted by atomic mass is 10.3. The van der Waals surface area contributed by atoms with Crippen LogP contribution in [0.1, 0.15) is 0 Å². The van der Waals surface area contributed by atoms with Crippen molar-refractivity contribution in [2.45, 2.75) is 4.90 Å². The molecule has 2 aromatic carbocycles. The minimum absolute atomic E-state index is 0.0500. The molecule has 118 valence electrons. The zero-order valence-electron chi connectivity index (χ0n) is 11.5. The SMILES string of the molecule is O=S(=O)(Nc1cc(F)cc(F)c1)c1ccc(-n2cncn2)cc1. The lowest BCUT2D eigenvalue weighted by Crippen LogP contribution is -2.13. The van der Waals surface area contributed by atoms with Crippen LogP contribution < -0.4 is 4.72 Å². The zero-order valence-corrected chi connectivity index (χ0v) is 12.3. The maximum atomic E-state index is 13.1. The van der Waals surface area contributed by atoms with Crippen molar-refractivity contribution in [1.29, 1.82) is 0 Å². The van der Waals surface area contributed by atoms with Crippen molar-refractivity contribution in [2.75, 3.05) is 4.72 Å². The van der Waals surface area contributed by atoms with Crippen LogP contribution in [0.5, 0.6) is 0 Å². The summed E-state index contributed by atoms with van der Waals surface area (Å²) in [6.07, 6.45) is 2.82. The normalized spacial score (nSPS) is 11.4. The molecule has 23 heavy (non-hydrogen) atoms. The van der Waals surface area contributed by atoms with Gasteiger partial charge in [0, 0.05) is 6.07 Å². The maximum absolute atomic E-state index is 13.1. The van der Waals surface area contributed by atoms with Crippen LogP contribution in [-0.2, 0) is 10.0 Å². The van der Waals surface area contributed by atoms with Crippen LogP contribution >= 0.6 is 0 Å². The van der Waals surface area contributed by atoms with Gasteiger partial charge in [0.15, 0.2) is 0 Å². The smallest absolute Gasteiger partial charge is 0.261 e. The van der Waals surface area contributed by atoms with Gasteiger partial charge >= 0.3 is 0 Å². The molecule has 0 fully saturated rings. The summed E-state index contributed by atoms with van der Waals surface area (Å²) in [5, 5.41) is 3.92. The molecule has 1 N–H and O–H groups in total. The van der Waals surface area contributed by atoms with Crippen LogP contribution in [0.2, 0.25) is 0 Å². The number of benzene rings is 2. The van der Waals surface area contributed by atoms with Gasteiger partial charge in [0.1, 0.15) is 24.3 Å². The van der Waals surface area contributed by atoms with Gasteiger partial charge in [-0.3, -0.25) is 4.72 Å². The monoisotopic (exact) mass is 336 g/mol. The fourth-order valence-electron chi connectivity index (χ4n) is 1.95. The average molecular weight is 336 g/mol. The molecule has 6 nitrogen and oxygen atoms in total. The Morgan fingerprint density at radius 2 is 1.65 bits per heavy atom. The molecule has 0 radical (unpaired) electrons. The van der Waals surface area contributed by atoms with Crippen molar-refractivity contribution in [3.63, 3.8) is 0 Å². The molecule has 0 amide bonds. The van der Waals surface area contributed by atoms with Crippen molar-refractivity contribution in [3.05, 3.63) is 66.8 Å². The quantitative estimate of drug-likeness (QED) is 0.793. The van der Waals surface area contributed by atoms with Gasteiger partial charge in [0.2, 0.25) is 0 Å². The molecule has 1 aromatic heterocycles. The Labute approximate surface area is 130 Å². The van der Waals surface area contributed by atoms with Gasteiger partial charge in [0.05, 0.1) is 16.3 Å². The number of hydrogen-bond donors (Lipinski definition) is 1. The average Bonchev–Trinajstić information content (AvgIpc) is 3.00. The van der Waals surface area contributed by atoms with E-state index in [1.165, 1.54) is 41.6 Å². The molecular weight excluding hydrogens is 326 g/mol. The van der Waals surface area contributed by atoms with E-state index in [2.05, 4.69) is 14.8 Å². The molecule has 0 aliphatic heterocycles. The molecule has 0 atom stereocenters. The van der Waals surface area contributed by atoms with E-state index < -0.39 is 21.7 Å². The third-order valence-corrected chi connectivity index (χ3v) is 4.34. The van der Waals surface area contributed by atoms with Crippen molar-refractivity contribution >= 4 is 15.7 Å². The van der Waals surface area contributed by atoms with Gasteiger partial charge in [-0.05, 0) is 36.4 Å². The Kier molecular flexibility index (Phi) is 3.78. The number of hydrogen-bond acceptors (Lipinski definition) is 4. The van der Waals surface area contributed by atoms with Gasteiger partial charge in [-0.2, -0.15) is 5.10 Å². The highest BCUT2D eigenvalue weighted by molar-refractivity contribution is 7.92. The molecule has 9 heteroatoms. The van der Waals surface area contributed by atoms with Crippen LogP contribution in [0.25, 0.3) is 5.69 Å². The van der Waals surface area contributed by atoms with E-state index in [4.69, 9.17) is 0 Å². The van der Waals surface area contributed by atoms with E-state index in [0.29, 0.717) is 11.8 Å². The molecule has 0 aliphatic rings. The number of aromatic nitrogens is 3. The second kappa shape index (κ2) is 5.76. The first-order chi connectivity index (χ1) is 10.9. The summed E-state index contributed by atoms with van der Waals surface area (Å²) in [4.78, 5) is 3.74. The lowest BCUT2D eigenvalue weighted by molar-refractivity contribution is 0.584. The summed E-state index contributed by atoms with van der Waals surface area (Å²) in [6.45, 7) is 0. The van der Waals surface area contributed by atoms with Crippen molar-refractivity contribution in [3.8, 4) is 5.69 Å². The van der Waals surface area contributed by atoms with Crippen molar-refractivity contribution in [2.24, 2.45) is 0 Å². The predicted octanol–water partition coefficient (Wildman–Crippen LogP) is 2.35. The highest BCUT2D eigenvalue weighted by Crippen LogP contribution is 2.19. The van der Waals surface area contributed by atoms with E-state index in [1.54, 1.807) is 0 Å². The molecule has 0 bridgehead atoms. The molecule has 1 heterocycles. The fraction of sp³-hybridized carbons (Fsp3) is 0. The number of halogens is 2. The second-order valence-electron chi connectivity index (χ2n) is 4.60. The maximum Gasteiger partial charge on any atom is 0.261 e. The Morgan fingerprint density at radius 3 is 2.22 bits per heavy atom. The number of anilines is 1. The summed E-state index contributed by atoms with van der Waals surface area (Å²) in [5.74, 6) is -1.74. The summed E-state index contributed by atoms with van der Waals surface area (Å²) in [5.41, 5.74) is 0.432. The number of rotatable bonds is 4. The third kappa shape index (κ3) is 3.34. The third-order valence-electron chi connectivity index (χ3n) is 2.95. The number of nitrogens with one attached hydrogen (secondary N) is 1. The molecule has 0 spiro atoms. The van der Waals surface area contributed by atoms with E-state index in [-0.39, 0.29) is 10.6 Å². The first-order valence-electron chi connectivity index (χ1n) is 6.38. The van der Waals surface area contributed by atoms with Gasteiger partial charge in [-0.15, -0.1) is 0 Å². The van der Waals surface area contributed by atoms with Crippen LogP contribution in [0.3, 0.4) is 0 Å². The van der Waals surface area contributed by atoms with Crippen LogP contribution in [0.4, 0.5) is 14.5 Å². The Hall–Kier alpha value is -2.81. The van der Waals surface area contributed by atoms with Crippen LogP contribution in [0, 0.1) is 11.6 Å². The van der Waals surface area contributed by atoms with Gasteiger partial charge < -0.3 is 0 Å². The lowest BCUT2D eigenvalue weighted by Gasteiger charge is -2.09. The molecule has 3 aromatic rings. The summed E-state index contributed by atoms with van der Waals surface area (Å²) < 4.78 is 54.3. The molecule has 0 saturated heterocycles. The summed E-state index contributed by atoms with van der Waals surface area (Å²) in [6, 6.07) is 8.23. The van der Waals surface area contributed by atoms with Gasteiger partial charge in [-0.25, -0.2) is 26.9 Å². The van der Waals surface area contributed by atoms with Gasteiger partial charge in [0.25, 0.3) is 10.0 Å². The molecule has 3 rings (SSSR count). The Morgan fingerprint density at radius 1 is 1.00 bits per heavy atom. The molecule has 0 aliphatic carbocycles. The topological polar surface area (TPSA) is 76.9 Å².